The van der Waals surface area contributed by atoms with Crippen LogP contribution in [0, 0.1) is 11.7 Å². The molecule has 2 rings (SSSR count). The molecule has 0 aliphatic carbocycles. The Bertz CT molecular complexity index is 425. The van der Waals surface area contributed by atoms with Crippen molar-refractivity contribution in [1.29, 1.82) is 0 Å². The maximum atomic E-state index is 13.5. The number of carbonyl (C=O) groups is 1. The van der Waals surface area contributed by atoms with Crippen molar-refractivity contribution < 1.29 is 9.18 Å². The third kappa shape index (κ3) is 3.93. The summed E-state index contributed by atoms with van der Waals surface area (Å²) in [6.45, 7) is 1.63. The van der Waals surface area contributed by atoms with Crippen LogP contribution in [0.25, 0.3) is 0 Å². The lowest BCUT2D eigenvalue weighted by atomic mass is 9.99. The van der Waals surface area contributed by atoms with E-state index in [1.165, 1.54) is 6.07 Å². The molecule has 1 aliphatic heterocycles. The molecule has 6 heteroatoms. The summed E-state index contributed by atoms with van der Waals surface area (Å²) in [5.41, 5.74) is 0.240. The first-order chi connectivity index (χ1) is 8.16. The smallest absolute Gasteiger partial charge is 0.228 e. The van der Waals surface area contributed by atoms with Gasteiger partial charge in [0.1, 0.15) is 5.82 Å². The average molecular weight is 338 g/mol. The van der Waals surface area contributed by atoms with E-state index in [1.54, 1.807) is 12.1 Å². The van der Waals surface area contributed by atoms with E-state index in [4.69, 9.17) is 0 Å². The van der Waals surface area contributed by atoms with Gasteiger partial charge >= 0.3 is 0 Å². The summed E-state index contributed by atoms with van der Waals surface area (Å²) >= 11 is 3.18. The molecule has 1 fully saturated rings. The van der Waals surface area contributed by atoms with Crippen LogP contribution in [0.3, 0.4) is 0 Å². The Balaban J connectivity index is 0.00000162. The molecule has 1 amide bonds. The molecule has 0 saturated carbocycles. The van der Waals surface area contributed by atoms with Crippen molar-refractivity contribution in [2.24, 2.45) is 5.92 Å². The monoisotopic (exact) mass is 336 g/mol. The number of piperidine rings is 1. The zero-order chi connectivity index (χ0) is 12.3. The highest BCUT2D eigenvalue weighted by atomic mass is 79.9. The largest absolute Gasteiger partial charge is 0.323 e. The number of benzene rings is 1. The fourth-order valence-electron chi connectivity index (χ4n) is 1.90. The number of amides is 1. The molecule has 1 aromatic rings. The van der Waals surface area contributed by atoms with Gasteiger partial charge in [-0.1, -0.05) is 15.9 Å². The topological polar surface area (TPSA) is 41.1 Å². The van der Waals surface area contributed by atoms with E-state index < -0.39 is 5.82 Å². The van der Waals surface area contributed by atoms with E-state index >= 15 is 0 Å². The number of halogens is 3. The summed E-state index contributed by atoms with van der Waals surface area (Å²) in [5, 5.41) is 5.80. The van der Waals surface area contributed by atoms with Crippen LogP contribution in [0.1, 0.15) is 12.8 Å². The molecule has 1 heterocycles. The Morgan fingerprint density at radius 1 is 1.50 bits per heavy atom. The van der Waals surface area contributed by atoms with Gasteiger partial charge in [0.15, 0.2) is 0 Å². The lowest BCUT2D eigenvalue weighted by Crippen LogP contribution is -2.37. The molecule has 3 nitrogen and oxygen atoms in total. The van der Waals surface area contributed by atoms with Gasteiger partial charge in [-0.05, 0) is 37.6 Å². The minimum Gasteiger partial charge on any atom is -0.323 e. The van der Waals surface area contributed by atoms with Gasteiger partial charge in [0.25, 0.3) is 0 Å². The summed E-state index contributed by atoms with van der Waals surface area (Å²) in [5.74, 6) is -0.596. The van der Waals surface area contributed by atoms with Crippen LogP contribution in [0.2, 0.25) is 0 Å². The van der Waals surface area contributed by atoms with Crippen molar-refractivity contribution in [1.82, 2.24) is 5.32 Å². The maximum absolute atomic E-state index is 13.5. The second-order valence-electron chi connectivity index (χ2n) is 4.16. The summed E-state index contributed by atoms with van der Waals surface area (Å²) in [4.78, 5) is 11.9. The SMILES string of the molecule is Cl.O=C(Nc1ccc(Br)cc1F)[C@@H]1CCCNC1. The number of nitrogens with one attached hydrogen (secondary N) is 2. The Labute approximate surface area is 120 Å². The number of rotatable bonds is 2. The van der Waals surface area contributed by atoms with Crippen molar-refractivity contribution in [3.05, 3.63) is 28.5 Å². The van der Waals surface area contributed by atoms with Crippen LogP contribution in [-0.2, 0) is 4.79 Å². The molecule has 0 aromatic heterocycles. The second-order valence-corrected chi connectivity index (χ2v) is 5.07. The highest BCUT2D eigenvalue weighted by Gasteiger charge is 2.21. The molecular weight excluding hydrogens is 323 g/mol. The fourth-order valence-corrected chi connectivity index (χ4v) is 2.23. The highest BCUT2D eigenvalue weighted by Crippen LogP contribution is 2.21. The van der Waals surface area contributed by atoms with Crippen molar-refractivity contribution in [2.75, 3.05) is 18.4 Å². The van der Waals surface area contributed by atoms with E-state index in [9.17, 15) is 9.18 Å². The Morgan fingerprint density at radius 3 is 2.89 bits per heavy atom. The minimum atomic E-state index is -0.420. The second kappa shape index (κ2) is 7.07. The number of anilines is 1. The van der Waals surface area contributed by atoms with Gasteiger partial charge in [-0.2, -0.15) is 0 Å². The van der Waals surface area contributed by atoms with Gasteiger partial charge in [0, 0.05) is 11.0 Å². The molecule has 2 N–H and O–H groups in total. The van der Waals surface area contributed by atoms with Gasteiger partial charge in [-0.15, -0.1) is 12.4 Å². The van der Waals surface area contributed by atoms with Gasteiger partial charge in [-0.25, -0.2) is 4.39 Å². The molecule has 18 heavy (non-hydrogen) atoms. The molecule has 1 saturated heterocycles. The molecule has 1 aliphatic rings. The van der Waals surface area contributed by atoms with E-state index in [-0.39, 0.29) is 29.9 Å². The molecular formula is C12H15BrClFN2O. The molecule has 0 unspecified atom stereocenters. The zero-order valence-corrected chi connectivity index (χ0v) is 12.1. The first-order valence-electron chi connectivity index (χ1n) is 5.63. The fraction of sp³-hybridized carbons (Fsp3) is 0.417. The summed E-state index contributed by atoms with van der Waals surface area (Å²) in [6.07, 6.45) is 1.85. The van der Waals surface area contributed by atoms with Crippen molar-refractivity contribution in [3.8, 4) is 0 Å². The predicted molar refractivity (Wildman–Crippen MR) is 75.6 cm³/mol. The highest BCUT2D eigenvalue weighted by molar-refractivity contribution is 9.10. The Morgan fingerprint density at radius 2 is 2.28 bits per heavy atom. The molecule has 0 radical (unpaired) electrons. The first-order valence-corrected chi connectivity index (χ1v) is 6.43. The van der Waals surface area contributed by atoms with Crippen LogP contribution in [0.15, 0.2) is 22.7 Å². The maximum Gasteiger partial charge on any atom is 0.228 e. The number of hydrogen-bond donors (Lipinski definition) is 2. The third-order valence-electron chi connectivity index (χ3n) is 2.86. The lowest BCUT2D eigenvalue weighted by molar-refractivity contribution is -0.120. The lowest BCUT2D eigenvalue weighted by Gasteiger charge is -2.22. The van der Waals surface area contributed by atoms with Crippen molar-refractivity contribution in [2.45, 2.75) is 12.8 Å². The van der Waals surface area contributed by atoms with Crippen molar-refractivity contribution in [3.63, 3.8) is 0 Å². The quantitative estimate of drug-likeness (QED) is 0.871. The normalized spacial score (nSPS) is 18.9. The first kappa shape index (κ1) is 15.4. The zero-order valence-electron chi connectivity index (χ0n) is 9.71. The Hall–Kier alpha value is -0.650. The minimum absolute atomic E-state index is 0. The van der Waals surface area contributed by atoms with Crippen LogP contribution >= 0.6 is 28.3 Å². The van der Waals surface area contributed by atoms with Crippen LogP contribution in [0.4, 0.5) is 10.1 Å². The molecule has 0 bridgehead atoms. The third-order valence-corrected chi connectivity index (χ3v) is 3.35. The van der Waals surface area contributed by atoms with Crippen LogP contribution in [0.5, 0.6) is 0 Å². The standard InChI is InChI=1S/C12H14BrFN2O.ClH/c13-9-3-4-11(10(14)6-9)16-12(17)8-2-1-5-15-7-8;/h3-4,6,8,15H,1-2,5,7H2,(H,16,17);1H/t8-;/m1./s1. The average Bonchev–Trinajstić information content (AvgIpc) is 2.34. The van der Waals surface area contributed by atoms with Crippen LogP contribution < -0.4 is 10.6 Å². The predicted octanol–water partition coefficient (Wildman–Crippen LogP) is 2.95. The molecule has 1 aromatic carbocycles. The summed E-state index contributed by atoms with van der Waals surface area (Å²) in [6, 6.07) is 4.61. The molecule has 1 atom stereocenters. The van der Waals surface area contributed by atoms with Gasteiger partial charge < -0.3 is 10.6 Å². The van der Waals surface area contributed by atoms with Crippen molar-refractivity contribution >= 4 is 39.9 Å². The van der Waals surface area contributed by atoms with E-state index in [2.05, 4.69) is 26.6 Å². The van der Waals surface area contributed by atoms with E-state index in [0.717, 1.165) is 19.4 Å². The van der Waals surface area contributed by atoms with Gasteiger partial charge in [0.05, 0.1) is 11.6 Å². The van der Waals surface area contributed by atoms with Gasteiger partial charge in [0.2, 0.25) is 5.91 Å². The molecule has 100 valence electrons. The Kier molecular flexibility index (Phi) is 6.05. The summed E-state index contributed by atoms with van der Waals surface area (Å²) in [7, 11) is 0. The molecule has 0 spiro atoms. The number of carbonyl (C=O) groups excluding carboxylic acids is 1. The van der Waals surface area contributed by atoms with Crippen LogP contribution in [-0.4, -0.2) is 19.0 Å². The number of hydrogen-bond acceptors (Lipinski definition) is 2. The van der Waals surface area contributed by atoms with Gasteiger partial charge in [-0.3, -0.25) is 4.79 Å². The van der Waals surface area contributed by atoms with E-state index in [0.29, 0.717) is 11.0 Å². The van der Waals surface area contributed by atoms with E-state index in [1.807, 2.05) is 0 Å². The summed E-state index contributed by atoms with van der Waals surface area (Å²) < 4.78 is 14.2.